The molecular weight excluding hydrogens is 1880 g/mol. The van der Waals surface area contributed by atoms with Crippen LogP contribution < -0.4 is 0 Å². The molecule has 6 aromatic heterocycles. The fourth-order valence-corrected chi connectivity index (χ4v) is 29.0. The fourth-order valence-electron chi connectivity index (χ4n) is 24.7. The summed E-state index contributed by atoms with van der Waals surface area (Å²) in [6.45, 7) is 0. The van der Waals surface area contributed by atoms with Gasteiger partial charge < -0.3 is 0 Å². The Bertz CT molecular complexity index is 9810. The number of hydrogen-bond donors (Lipinski definition) is 0. The van der Waals surface area contributed by atoms with E-state index in [9.17, 15) is 0 Å². The largest absolute Gasteiger partial charge is 0.208 e. The van der Waals surface area contributed by atoms with Gasteiger partial charge in [-0.2, -0.15) is 0 Å². The Balaban J connectivity index is 0.000000104. The summed E-state index contributed by atoms with van der Waals surface area (Å²) in [7, 11) is 0. The van der Waals surface area contributed by atoms with Gasteiger partial charge in [-0.25, -0.2) is 44.9 Å². The zero-order valence-corrected chi connectivity index (χ0v) is 83.1. The zero-order chi connectivity index (χ0) is 98.7. The molecule has 0 radical (unpaired) electrons. The van der Waals surface area contributed by atoms with Crippen LogP contribution in [0.15, 0.2) is 504 Å². The Morgan fingerprint density at radius 3 is 0.747 bits per heavy atom. The third-order valence-electron chi connectivity index (χ3n) is 31.0. The van der Waals surface area contributed by atoms with E-state index in [2.05, 4.69) is 346 Å². The van der Waals surface area contributed by atoms with Gasteiger partial charge in [-0.05, 0) is 159 Å². The predicted octanol–water partition coefficient (Wildman–Crippen LogP) is 34.6. The molecular formula is C138H83N9S3. The van der Waals surface area contributed by atoms with Gasteiger partial charge in [0.15, 0.2) is 52.4 Å². The van der Waals surface area contributed by atoms with Gasteiger partial charge >= 0.3 is 0 Å². The smallest absolute Gasteiger partial charge is 0.164 e. The Kier molecular flexibility index (Phi) is 20.1. The van der Waals surface area contributed by atoms with E-state index < -0.39 is 5.41 Å². The summed E-state index contributed by atoms with van der Waals surface area (Å²) in [6.07, 6.45) is 0. The van der Waals surface area contributed by atoms with Crippen molar-refractivity contribution in [1.82, 2.24) is 44.9 Å². The van der Waals surface area contributed by atoms with Gasteiger partial charge in [-0.3, -0.25) is 0 Å². The van der Waals surface area contributed by atoms with Gasteiger partial charge in [0.1, 0.15) is 0 Å². The molecule has 150 heavy (non-hydrogen) atoms. The van der Waals surface area contributed by atoms with Crippen LogP contribution in [0.2, 0.25) is 0 Å². The standard InChI is InChI=1S/2C48H29N3S.C42H25N3S/c1-3-15-30(16-4-1)45-49-46(31-17-5-2-6-18-31)51-47(50-45)33-20-13-19-32(29-33)34-24-14-27-40-42(34)35-21-7-10-25-38(35)48(40)39-26-11-8-22-36(39)43-37-23-9-12-28-41(37)52-44(43)48;1-3-13-31(14-4-1)45-49-46(32-15-5-2-6-16-32)51-47(50-45)33-25-23-30(24-26-33)34-27-28-36-35-17-7-10-20-39(35)48(41(36)29-34)40-21-11-8-18-37(40)43-38-19-9-12-22-42(38)52-44(43)48;1-3-13-26(14-4-1)39-43-40(27-15-5-2-6-16-27)45-41(44-39)28-23-24-35-32(25-28)29-17-7-10-20-33(29)42(35)34-21-11-8-18-30(34)37-31-19-9-12-22-36(31)46-38(37)42/h2*1-29H;1-25H. The number of aromatic nitrogens is 9. The fraction of sp³-hybridized carbons (Fsp3) is 0.0217. The number of thiophene rings is 3. The van der Waals surface area contributed by atoms with E-state index in [0.29, 0.717) is 52.4 Å². The van der Waals surface area contributed by atoms with E-state index in [1.807, 2.05) is 192 Å². The van der Waals surface area contributed by atoms with Crippen LogP contribution in [0.1, 0.15) is 64.7 Å². The van der Waals surface area contributed by atoms with E-state index in [0.717, 1.165) is 61.2 Å². The average molecular weight is 1960 g/mol. The van der Waals surface area contributed by atoms with E-state index in [4.69, 9.17) is 44.9 Å². The molecule has 32 rings (SSSR count). The van der Waals surface area contributed by atoms with Crippen molar-refractivity contribution in [3.05, 3.63) is 568 Å². The van der Waals surface area contributed by atoms with Crippen LogP contribution in [0, 0.1) is 0 Å². The molecule has 0 aliphatic heterocycles. The predicted molar refractivity (Wildman–Crippen MR) is 614 cm³/mol. The van der Waals surface area contributed by atoms with Crippen LogP contribution >= 0.6 is 34.0 Å². The van der Waals surface area contributed by atoms with E-state index in [1.165, 1.54) is 173 Å². The van der Waals surface area contributed by atoms with Crippen LogP contribution in [0.5, 0.6) is 0 Å². The van der Waals surface area contributed by atoms with Crippen molar-refractivity contribution in [2.75, 3.05) is 0 Å². The van der Waals surface area contributed by atoms with E-state index in [-0.39, 0.29) is 10.8 Å². The molecule has 3 atom stereocenters. The number of hydrogen-bond acceptors (Lipinski definition) is 12. The molecule has 20 aromatic carbocycles. The summed E-state index contributed by atoms with van der Waals surface area (Å²) in [5.41, 5.74) is 40.2. The summed E-state index contributed by atoms with van der Waals surface area (Å²) in [5, 5.41) is 4.01. The first-order valence-electron chi connectivity index (χ1n) is 50.8. The summed E-state index contributed by atoms with van der Waals surface area (Å²) in [5.74, 6) is 5.95. The average Bonchev–Trinajstić information content (AvgIpc) is 1.50. The summed E-state index contributed by atoms with van der Waals surface area (Å²) in [6, 6.07) is 180. The second-order valence-corrected chi connectivity index (χ2v) is 42.1. The monoisotopic (exact) mass is 1960 g/mol. The van der Waals surface area contributed by atoms with Gasteiger partial charge in [0.05, 0.1) is 16.2 Å². The summed E-state index contributed by atoms with van der Waals surface area (Å²) >= 11 is 5.82. The van der Waals surface area contributed by atoms with Crippen molar-refractivity contribution >= 4 is 64.3 Å². The highest BCUT2D eigenvalue weighted by atomic mass is 32.1. The zero-order valence-electron chi connectivity index (χ0n) is 80.7. The molecule has 0 amide bonds. The van der Waals surface area contributed by atoms with Crippen molar-refractivity contribution in [1.29, 1.82) is 0 Å². The molecule has 0 saturated carbocycles. The minimum Gasteiger partial charge on any atom is -0.208 e. The SMILES string of the molecule is c1ccc(-c2nc(-c3ccccc3)nc(-c3ccc(-c4ccc5c(c4)C4(c6ccccc6-5)c5ccccc5-c5c4sc4ccccc54)cc3)n2)cc1.c1ccc(-c2nc(-c3ccccc3)nc(-c3ccc4c(c3)-c3ccccc3C43c4ccccc4-c4c3sc3ccccc43)n2)cc1.c1ccc(-c2nc(-c3ccccc3)nc(-c3cccc(-c4cccc5c4-c4ccccc4C54c5ccccc5-c5c4sc4ccccc54)c3)n2)cc1. The molecule has 0 fully saturated rings. The molecule has 0 saturated heterocycles. The summed E-state index contributed by atoms with van der Waals surface area (Å²) in [4.78, 5) is 49.1. The van der Waals surface area contributed by atoms with Crippen LogP contribution in [0.3, 0.4) is 0 Å². The van der Waals surface area contributed by atoms with Crippen molar-refractivity contribution in [3.8, 4) is 192 Å². The van der Waals surface area contributed by atoms with Crippen molar-refractivity contribution < 1.29 is 0 Å². The molecule has 3 spiro atoms. The van der Waals surface area contributed by atoms with Gasteiger partial charge in [0.25, 0.3) is 0 Å². The van der Waals surface area contributed by atoms with E-state index in [1.54, 1.807) is 0 Å². The molecule has 12 heteroatoms. The number of fused-ring (bicyclic) bond motifs is 36. The number of benzene rings is 20. The molecule has 3 unspecified atom stereocenters. The van der Waals surface area contributed by atoms with Gasteiger partial charge in [0, 0.05) is 112 Å². The number of rotatable bonds is 11. The lowest BCUT2D eigenvalue weighted by molar-refractivity contribution is 0.811. The summed E-state index contributed by atoms with van der Waals surface area (Å²) < 4.78 is 4.00. The number of nitrogens with zero attached hydrogens (tertiary/aromatic N) is 9. The molecule has 6 aliphatic rings. The minimum atomic E-state index is -0.390. The first kappa shape index (κ1) is 86.8. The van der Waals surface area contributed by atoms with Crippen LogP contribution in [-0.4, -0.2) is 44.9 Å². The topological polar surface area (TPSA) is 116 Å². The third kappa shape index (κ3) is 13.3. The molecule has 698 valence electrons. The molecule has 0 N–H and O–H groups in total. The first-order chi connectivity index (χ1) is 74.4. The lowest BCUT2D eigenvalue weighted by atomic mass is 9.73. The normalized spacial score (nSPS) is 15.1. The highest BCUT2D eigenvalue weighted by Crippen LogP contribution is 2.71. The van der Waals surface area contributed by atoms with Gasteiger partial charge in [-0.15, -0.1) is 34.0 Å². The van der Waals surface area contributed by atoms with E-state index >= 15 is 0 Å². The van der Waals surface area contributed by atoms with Crippen molar-refractivity contribution in [2.45, 2.75) is 16.2 Å². The Hall–Kier alpha value is -18.7. The van der Waals surface area contributed by atoms with Gasteiger partial charge in [-0.1, -0.05) is 467 Å². The maximum absolute atomic E-state index is 5.05. The maximum atomic E-state index is 5.05. The molecule has 0 bridgehead atoms. The lowest BCUT2D eigenvalue weighted by Crippen LogP contribution is -2.24. The lowest BCUT2D eigenvalue weighted by Gasteiger charge is -2.29. The third-order valence-corrected chi connectivity index (χ3v) is 34.9. The maximum Gasteiger partial charge on any atom is 0.164 e. The molecule has 6 heterocycles. The minimum absolute atomic E-state index is 0.371. The quantitative estimate of drug-likeness (QED) is 0.125. The molecule has 9 nitrogen and oxygen atoms in total. The Morgan fingerprint density at radius 2 is 0.360 bits per heavy atom. The highest BCUT2D eigenvalue weighted by molar-refractivity contribution is 7.21. The van der Waals surface area contributed by atoms with Crippen LogP contribution in [0.25, 0.3) is 222 Å². The highest BCUT2D eigenvalue weighted by Gasteiger charge is 2.57. The Labute approximate surface area is 878 Å². The van der Waals surface area contributed by atoms with Crippen molar-refractivity contribution in [2.24, 2.45) is 0 Å². The van der Waals surface area contributed by atoms with Crippen molar-refractivity contribution in [3.63, 3.8) is 0 Å². The molecule has 6 aliphatic carbocycles. The second-order valence-electron chi connectivity index (χ2n) is 39.0. The van der Waals surface area contributed by atoms with Crippen LogP contribution in [-0.2, 0) is 16.2 Å². The Morgan fingerprint density at radius 1 is 0.127 bits per heavy atom. The van der Waals surface area contributed by atoms with Gasteiger partial charge in [0.2, 0.25) is 0 Å². The molecule has 26 aromatic rings. The second kappa shape index (κ2) is 34.8. The van der Waals surface area contributed by atoms with Crippen LogP contribution in [0.4, 0.5) is 0 Å². The first-order valence-corrected chi connectivity index (χ1v) is 53.2.